The molecule has 6 heteroatoms. The predicted molar refractivity (Wildman–Crippen MR) is 96.1 cm³/mol. The standard InChI is InChI=1S/C18H16BrN3O2/c1-12-3-8-16-20-9-15(18(24)22(16)10-12)17(23)21(2)11-13-4-6-14(19)7-5-13/h3-10H,11H2,1-2H3. The van der Waals surface area contributed by atoms with E-state index in [1.165, 1.54) is 15.5 Å². The first-order valence-electron chi connectivity index (χ1n) is 7.43. The van der Waals surface area contributed by atoms with Gasteiger partial charge in [0.2, 0.25) is 0 Å². The Morgan fingerprint density at radius 1 is 1.21 bits per heavy atom. The summed E-state index contributed by atoms with van der Waals surface area (Å²) in [5.41, 5.74) is 2.16. The monoisotopic (exact) mass is 385 g/mol. The minimum absolute atomic E-state index is 0.0673. The Balaban J connectivity index is 1.91. The van der Waals surface area contributed by atoms with Gasteiger partial charge in [-0.05, 0) is 36.2 Å². The molecular weight excluding hydrogens is 370 g/mol. The Morgan fingerprint density at radius 2 is 1.92 bits per heavy atom. The molecule has 0 fully saturated rings. The Kier molecular flexibility index (Phi) is 4.49. The molecule has 0 spiro atoms. The molecule has 0 unspecified atom stereocenters. The number of pyridine rings is 1. The quantitative estimate of drug-likeness (QED) is 0.696. The van der Waals surface area contributed by atoms with Gasteiger partial charge in [0.25, 0.3) is 11.5 Å². The van der Waals surface area contributed by atoms with E-state index < -0.39 is 0 Å². The van der Waals surface area contributed by atoms with E-state index in [1.807, 2.05) is 37.3 Å². The average molecular weight is 386 g/mol. The maximum absolute atomic E-state index is 12.6. The van der Waals surface area contributed by atoms with E-state index in [4.69, 9.17) is 0 Å². The van der Waals surface area contributed by atoms with E-state index in [-0.39, 0.29) is 17.0 Å². The largest absolute Gasteiger partial charge is 0.337 e. The Hall–Kier alpha value is -2.47. The third kappa shape index (κ3) is 3.23. The van der Waals surface area contributed by atoms with Crippen LogP contribution in [0.25, 0.3) is 5.65 Å². The lowest BCUT2D eigenvalue weighted by Gasteiger charge is -2.17. The van der Waals surface area contributed by atoms with Gasteiger partial charge in [0, 0.05) is 30.5 Å². The summed E-state index contributed by atoms with van der Waals surface area (Å²) in [5, 5.41) is 0. The fourth-order valence-corrected chi connectivity index (χ4v) is 2.73. The van der Waals surface area contributed by atoms with E-state index >= 15 is 0 Å². The van der Waals surface area contributed by atoms with Crippen molar-refractivity contribution in [3.05, 3.63) is 80.3 Å². The summed E-state index contributed by atoms with van der Waals surface area (Å²) in [5.74, 6) is -0.341. The fourth-order valence-electron chi connectivity index (χ4n) is 2.47. The minimum atomic E-state index is -0.351. The zero-order valence-electron chi connectivity index (χ0n) is 13.4. The van der Waals surface area contributed by atoms with Crippen LogP contribution in [0.5, 0.6) is 0 Å². The SMILES string of the molecule is Cc1ccc2ncc(C(=O)N(C)Cc3ccc(Br)cc3)c(=O)n2c1. The first kappa shape index (κ1) is 16.4. The Morgan fingerprint density at radius 3 is 2.62 bits per heavy atom. The average Bonchev–Trinajstić information content (AvgIpc) is 2.57. The van der Waals surface area contributed by atoms with Crippen molar-refractivity contribution in [2.45, 2.75) is 13.5 Å². The maximum atomic E-state index is 12.6. The number of amides is 1. The highest BCUT2D eigenvalue weighted by Gasteiger charge is 2.17. The second-order valence-corrected chi connectivity index (χ2v) is 6.62. The fraction of sp³-hybridized carbons (Fsp3) is 0.167. The van der Waals surface area contributed by atoms with E-state index in [9.17, 15) is 9.59 Å². The molecule has 0 saturated heterocycles. The lowest BCUT2D eigenvalue weighted by atomic mass is 10.2. The normalized spacial score (nSPS) is 10.8. The molecular formula is C18H16BrN3O2. The van der Waals surface area contributed by atoms with Gasteiger partial charge in [-0.15, -0.1) is 0 Å². The molecule has 3 rings (SSSR count). The summed E-state index contributed by atoms with van der Waals surface area (Å²) in [6.07, 6.45) is 3.05. The summed E-state index contributed by atoms with van der Waals surface area (Å²) >= 11 is 3.38. The Bertz CT molecular complexity index is 964. The first-order chi connectivity index (χ1) is 11.5. The summed E-state index contributed by atoms with van der Waals surface area (Å²) < 4.78 is 2.39. The van der Waals surface area contributed by atoms with Gasteiger partial charge in [-0.2, -0.15) is 0 Å². The lowest BCUT2D eigenvalue weighted by molar-refractivity contribution is 0.0782. The van der Waals surface area contributed by atoms with Crippen molar-refractivity contribution in [2.24, 2.45) is 0 Å². The van der Waals surface area contributed by atoms with Crippen molar-refractivity contribution in [3.63, 3.8) is 0 Å². The summed E-state index contributed by atoms with van der Waals surface area (Å²) in [4.78, 5) is 31.0. The van der Waals surface area contributed by atoms with Gasteiger partial charge in [0.05, 0.1) is 0 Å². The molecule has 2 aromatic heterocycles. The molecule has 0 atom stereocenters. The molecule has 24 heavy (non-hydrogen) atoms. The number of rotatable bonds is 3. The smallest absolute Gasteiger partial charge is 0.270 e. The molecule has 2 heterocycles. The number of halogens is 1. The van der Waals surface area contributed by atoms with Gasteiger partial charge in [0.15, 0.2) is 0 Å². The number of aromatic nitrogens is 2. The molecule has 0 radical (unpaired) electrons. The molecule has 1 amide bonds. The Labute approximate surface area is 147 Å². The molecule has 0 aliphatic rings. The second-order valence-electron chi connectivity index (χ2n) is 5.70. The van der Waals surface area contributed by atoms with Crippen LogP contribution in [0.15, 0.2) is 58.1 Å². The van der Waals surface area contributed by atoms with Gasteiger partial charge in [-0.3, -0.25) is 14.0 Å². The highest BCUT2D eigenvalue weighted by Crippen LogP contribution is 2.12. The van der Waals surface area contributed by atoms with E-state index in [2.05, 4.69) is 20.9 Å². The molecule has 1 aromatic carbocycles. The highest BCUT2D eigenvalue weighted by molar-refractivity contribution is 9.10. The molecule has 0 N–H and O–H groups in total. The molecule has 5 nitrogen and oxygen atoms in total. The number of aryl methyl sites for hydroxylation is 1. The van der Waals surface area contributed by atoms with Crippen LogP contribution in [0.3, 0.4) is 0 Å². The van der Waals surface area contributed by atoms with Crippen molar-refractivity contribution in [1.82, 2.24) is 14.3 Å². The minimum Gasteiger partial charge on any atom is -0.337 e. The second kappa shape index (κ2) is 6.57. The lowest BCUT2D eigenvalue weighted by Crippen LogP contribution is -2.33. The van der Waals surface area contributed by atoms with Crippen molar-refractivity contribution < 1.29 is 4.79 Å². The molecule has 0 aliphatic carbocycles. The van der Waals surface area contributed by atoms with Gasteiger partial charge < -0.3 is 4.90 Å². The summed E-state index contributed by atoms with van der Waals surface area (Å²) in [6.45, 7) is 2.31. The molecule has 0 aliphatic heterocycles. The van der Waals surface area contributed by atoms with E-state index in [0.717, 1.165) is 15.6 Å². The number of benzene rings is 1. The number of carbonyl (C=O) groups excluding carboxylic acids is 1. The van der Waals surface area contributed by atoms with Gasteiger partial charge >= 0.3 is 0 Å². The first-order valence-corrected chi connectivity index (χ1v) is 8.23. The number of hydrogen-bond acceptors (Lipinski definition) is 3. The summed E-state index contributed by atoms with van der Waals surface area (Å²) in [6, 6.07) is 11.3. The number of hydrogen-bond donors (Lipinski definition) is 0. The topological polar surface area (TPSA) is 54.7 Å². The van der Waals surface area contributed by atoms with Crippen molar-refractivity contribution >= 4 is 27.5 Å². The van der Waals surface area contributed by atoms with E-state index in [1.54, 1.807) is 19.3 Å². The van der Waals surface area contributed by atoms with Crippen molar-refractivity contribution in [2.75, 3.05) is 7.05 Å². The van der Waals surface area contributed by atoms with Crippen LogP contribution in [-0.4, -0.2) is 27.2 Å². The molecule has 0 bridgehead atoms. The van der Waals surface area contributed by atoms with Gasteiger partial charge in [-0.1, -0.05) is 34.1 Å². The molecule has 3 aromatic rings. The molecule has 122 valence electrons. The van der Waals surface area contributed by atoms with Gasteiger partial charge in [-0.25, -0.2) is 4.98 Å². The molecule has 0 saturated carbocycles. The van der Waals surface area contributed by atoms with Crippen LogP contribution >= 0.6 is 15.9 Å². The van der Waals surface area contributed by atoms with Gasteiger partial charge in [0.1, 0.15) is 11.2 Å². The van der Waals surface area contributed by atoms with Crippen LogP contribution < -0.4 is 5.56 Å². The third-order valence-electron chi connectivity index (χ3n) is 3.76. The summed E-state index contributed by atoms with van der Waals surface area (Å²) in [7, 11) is 1.68. The van der Waals surface area contributed by atoms with Crippen LogP contribution in [0, 0.1) is 6.92 Å². The zero-order chi connectivity index (χ0) is 17.3. The van der Waals surface area contributed by atoms with Crippen LogP contribution in [0.2, 0.25) is 0 Å². The van der Waals surface area contributed by atoms with Crippen molar-refractivity contribution in [3.8, 4) is 0 Å². The van der Waals surface area contributed by atoms with Crippen LogP contribution in [-0.2, 0) is 6.54 Å². The predicted octanol–water partition coefficient (Wildman–Crippen LogP) is 3.04. The number of carbonyl (C=O) groups is 1. The highest BCUT2D eigenvalue weighted by atomic mass is 79.9. The number of fused-ring (bicyclic) bond motifs is 1. The zero-order valence-corrected chi connectivity index (χ0v) is 14.9. The van der Waals surface area contributed by atoms with Crippen molar-refractivity contribution in [1.29, 1.82) is 0 Å². The van der Waals surface area contributed by atoms with Crippen LogP contribution in [0.4, 0.5) is 0 Å². The maximum Gasteiger partial charge on any atom is 0.270 e. The van der Waals surface area contributed by atoms with Crippen LogP contribution in [0.1, 0.15) is 21.5 Å². The third-order valence-corrected chi connectivity index (χ3v) is 4.29. The number of nitrogens with zero attached hydrogens (tertiary/aromatic N) is 3. The van der Waals surface area contributed by atoms with E-state index in [0.29, 0.717) is 12.2 Å².